The SMILES string of the molecule is Brc1ccccc1N(c1ccccc1)c1ccnc2ccnn12. The highest BCUT2D eigenvalue weighted by atomic mass is 79.9. The van der Waals surface area contributed by atoms with Crippen molar-refractivity contribution in [1.82, 2.24) is 14.6 Å². The second-order valence-electron chi connectivity index (χ2n) is 5.03. The molecule has 23 heavy (non-hydrogen) atoms. The number of para-hydroxylation sites is 2. The molecule has 4 aromatic rings. The number of rotatable bonds is 3. The van der Waals surface area contributed by atoms with E-state index in [4.69, 9.17) is 0 Å². The Morgan fingerprint density at radius 3 is 2.43 bits per heavy atom. The standard InChI is InChI=1S/C18H13BrN4/c19-15-8-4-5-9-16(15)22(14-6-2-1-3-7-14)18-11-12-20-17-10-13-21-23(17)18/h1-13H. The van der Waals surface area contributed by atoms with Gasteiger partial charge in [-0.3, -0.25) is 4.90 Å². The summed E-state index contributed by atoms with van der Waals surface area (Å²) in [6, 6.07) is 22.2. The number of hydrogen-bond acceptors (Lipinski definition) is 3. The average molecular weight is 365 g/mol. The van der Waals surface area contributed by atoms with Crippen LogP contribution in [0.4, 0.5) is 17.2 Å². The fourth-order valence-electron chi connectivity index (χ4n) is 2.60. The normalized spacial score (nSPS) is 10.8. The van der Waals surface area contributed by atoms with E-state index in [0.717, 1.165) is 27.3 Å². The number of aromatic nitrogens is 3. The lowest BCUT2D eigenvalue weighted by atomic mass is 10.2. The summed E-state index contributed by atoms with van der Waals surface area (Å²) in [5.74, 6) is 0.929. The first kappa shape index (κ1) is 14.0. The predicted molar refractivity (Wildman–Crippen MR) is 95.4 cm³/mol. The van der Waals surface area contributed by atoms with E-state index in [-0.39, 0.29) is 0 Å². The Morgan fingerprint density at radius 2 is 1.61 bits per heavy atom. The summed E-state index contributed by atoms with van der Waals surface area (Å²) >= 11 is 3.66. The molecule has 0 atom stereocenters. The quantitative estimate of drug-likeness (QED) is 0.514. The van der Waals surface area contributed by atoms with E-state index < -0.39 is 0 Å². The fraction of sp³-hybridized carbons (Fsp3) is 0. The first-order chi connectivity index (χ1) is 11.3. The van der Waals surface area contributed by atoms with Gasteiger partial charge in [0.05, 0.1) is 11.9 Å². The topological polar surface area (TPSA) is 33.4 Å². The molecule has 112 valence electrons. The van der Waals surface area contributed by atoms with Crippen LogP contribution in [-0.2, 0) is 0 Å². The number of nitrogens with zero attached hydrogens (tertiary/aromatic N) is 4. The third-order valence-corrected chi connectivity index (χ3v) is 4.28. The fourth-order valence-corrected chi connectivity index (χ4v) is 3.06. The summed E-state index contributed by atoms with van der Waals surface area (Å²) in [5, 5.41) is 4.42. The lowest BCUT2D eigenvalue weighted by molar-refractivity contribution is 0.923. The van der Waals surface area contributed by atoms with Crippen molar-refractivity contribution in [2.24, 2.45) is 0 Å². The van der Waals surface area contributed by atoms with Crippen molar-refractivity contribution in [3.05, 3.63) is 83.6 Å². The zero-order valence-electron chi connectivity index (χ0n) is 12.2. The molecule has 0 aliphatic carbocycles. The van der Waals surface area contributed by atoms with E-state index in [1.165, 1.54) is 0 Å². The first-order valence-corrected chi connectivity index (χ1v) is 8.02. The Balaban J connectivity index is 2.00. The molecule has 4 rings (SSSR count). The van der Waals surface area contributed by atoms with Crippen LogP contribution < -0.4 is 4.90 Å². The predicted octanol–water partition coefficient (Wildman–Crippen LogP) is 4.96. The molecule has 0 aliphatic heterocycles. The van der Waals surface area contributed by atoms with Gasteiger partial charge in [-0.15, -0.1) is 0 Å². The summed E-state index contributed by atoms with van der Waals surface area (Å²) in [6.45, 7) is 0. The van der Waals surface area contributed by atoms with Crippen LogP contribution in [-0.4, -0.2) is 14.6 Å². The number of anilines is 3. The number of halogens is 1. The molecule has 0 bridgehead atoms. The molecule has 0 saturated carbocycles. The molecule has 5 heteroatoms. The van der Waals surface area contributed by atoms with Crippen LogP contribution in [0.15, 0.2) is 83.6 Å². The van der Waals surface area contributed by atoms with Crippen molar-refractivity contribution in [1.29, 1.82) is 0 Å². The maximum atomic E-state index is 4.42. The van der Waals surface area contributed by atoms with Gasteiger partial charge in [0.2, 0.25) is 0 Å². The van der Waals surface area contributed by atoms with Crippen molar-refractivity contribution < 1.29 is 0 Å². The molecule has 0 radical (unpaired) electrons. The molecule has 2 heterocycles. The average Bonchev–Trinajstić information content (AvgIpc) is 3.07. The Labute approximate surface area is 142 Å². The number of fused-ring (bicyclic) bond motifs is 1. The van der Waals surface area contributed by atoms with Gasteiger partial charge >= 0.3 is 0 Å². The smallest absolute Gasteiger partial charge is 0.157 e. The van der Waals surface area contributed by atoms with Gasteiger partial charge in [-0.05, 0) is 46.3 Å². The summed E-state index contributed by atoms with van der Waals surface area (Å²) in [4.78, 5) is 6.51. The highest BCUT2D eigenvalue weighted by Crippen LogP contribution is 2.38. The van der Waals surface area contributed by atoms with Crippen LogP contribution >= 0.6 is 15.9 Å². The molecule has 0 amide bonds. The van der Waals surface area contributed by atoms with Gasteiger partial charge in [-0.1, -0.05) is 30.3 Å². The molecule has 4 nitrogen and oxygen atoms in total. The van der Waals surface area contributed by atoms with Crippen molar-refractivity contribution in [3.63, 3.8) is 0 Å². The van der Waals surface area contributed by atoms with Crippen LogP contribution in [0.3, 0.4) is 0 Å². The summed E-state index contributed by atoms with van der Waals surface area (Å²) in [5.41, 5.74) is 2.92. The second-order valence-corrected chi connectivity index (χ2v) is 5.88. The highest BCUT2D eigenvalue weighted by Gasteiger charge is 2.17. The van der Waals surface area contributed by atoms with Gasteiger partial charge in [-0.2, -0.15) is 9.61 Å². The molecule has 0 N–H and O–H groups in total. The Bertz CT molecular complexity index is 949. The van der Waals surface area contributed by atoms with Crippen LogP contribution in [0.1, 0.15) is 0 Å². The maximum Gasteiger partial charge on any atom is 0.157 e. The van der Waals surface area contributed by atoms with Gasteiger partial charge < -0.3 is 0 Å². The van der Waals surface area contributed by atoms with Crippen molar-refractivity contribution in [2.75, 3.05) is 4.90 Å². The Morgan fingerprint density at radius 1 is 0.826 bits per heavy atom. The van der Waals surface area contributed by atoms with E-state index in [2.05, 4.69) is 49.1 Å². The third-order valence-electron chi connectivity index (χ3n) is 3.61. The van der Waals surface area contributed by atoms with Crippen molar-refractivity contribution >= 4 is 38.8 Å². The summed E-state index contributed by atoms with van der Waals surface area (Å²) < 4.78 is 2.85. The highest BCUT2D eigenvalue weighted by molar-refractivity contribution is 9.10. The van der Waals surface area contributed by atoms with Gasteiger partial charge in [0.15, 0.2) is 5.65 Å². The van der Waals surface area contributed by atoms with E-state index in [1.807, 2.05) is 53.0 Å². The zero-order valence-corrected chi connectivity index (χ0v) is 13.8. The van der Waals surface area contributed by atoms with Gasteiger partial charge in [-0.25, -0.2) is 4.98 Å². The summed E-state index contributed by atoms with van der Waals surface area (Å²) in [7, 11) is 0. The van der Waals surface area contributed by atoms with Crippen LogP contribution in [0.5, 0.6) is 0 Å². The molecule has 2 aromatic carbocycles. The van der Waals surface area contributed by atoms with Crippen molar-refractivity contribution in [2.45, 2.75) is 0 Å². The molecule has 0 unspecified atom stereocenters. The van der Waals surface area contributed by atoms with Crippen LogP contribution in [0.2, 0.25) is 0 Å². The molecule has 0 spiro atoms. The Kier molecular flexibility index (Phi) is 3.55. The number of benzene rings is 2. The molecular formula is C18H13BrN4. The minimum absolute atomic E-state index is 0.815. The van der Waals surface area contributed by atoms with E-state index in [0.29, 0.717) is 0 Å². The zero-order chi connectivity index (χ0) is 15.6. The molecule has 0 saturated heterocycles. The largest absolute Gasteiger partial charge is 0.294 e. The Hall–Kier alpha value is -2.66. The summed E-state index contributed by atoms with van der Waals surface area (Å²) in [6.07, 6.45) is 3.56. The minimum Gasteiger partial charge on any atom is -0.294 e. The monoisotopic (exact) mass is 364 g/mol. The van der Waals surface area contributed by atoms with Crippen molar-refractivity contribution in [3.8, 4) is 0 Å². The van der Waals surface area contributed by atoms with E-state index >= 15 is 0 Å². The maximum absolute atomic E-state index is 4.42. The van der Waals surface area contributed by atoms with Gasteiger partial charge in [0.25, 0.3) is 0 Å². The van der Waals surface area contributed by atoms with Crippen LogP contribution in [0, 0.1) is 0 Å². The van der Waals surface area contributed by atoms with Crippen LogP contribution in [0.25, 0.3) is 5.65 Å². The first-order valence-electron chi connectivity index (χ1n) is 7.23. The number of hydrogen-bond donors (Lipinski definition) is 0. The lowest BCUT2D eigenvalue weighted by Gasteiger charge is -2.26. The third kappa shape index (κ3) is 2.49. The van der Waals surface area contributed by atoms with Gasteiger partial charge in [0, 0.05) is 22.4 Å². The lowest BCUT2D eigenvalue weighted by Crippen LogP contribution is -2.14. The minimum atomic E-state index is 0.815. The molecule has 0 aliphatic rings. The molecule has 2 aromatic heterocycles. The van der Waals surface area contributed by atoms with E-state index in [9.17, 15) is 0 Å². The van der Waals surface area contributed by atoms with E-state index in [1.54, 1.807) is 12.4 Å². The second kappa shape index (κ2) is 5.85. The molecule has 0 fully saturated rings. The van der Waals surface area contributed by atoms with Gasteiger partial charge in [0.1, 0.15) is 5.82 Å². The molecular weight excluding hydrogens is 352 g/mol.